The molecule has 4 nitrogen and oxygen atoms in total. The van der Waals surface area contributed by atoms with E-state index in [1.807, 2.05) is 0 Å². The molecule has 1 aliphatic carbocycles. The molecule has 0 spiro atoms. The average molecular weight is 213 g/mol. The molecule has 2 unspecified atom stereocenters. The number of aliphatic carboxylic acids is 1. The fraction of sp³-hybridized carbons (Fsp3) is 0.727. The van der Waals surface area contributed by atoms with Gasteiger partial charge in [0.15, 0.2) is 0 Å². The lowest BCUT2D eigenvalue weighted by Crippen LogP contribution is -2.30. The molecular formula is C11H19NO3. The van der Waals surface area contributed by atoms with Crippen molar-refractivity contribution in [1.29, 1.82) is 0 Å². The Kier molecular flexibility index (Phi) is 5.18. The third kappa shape index (κ3) is 4.34. The molecule has 0 saturated heterocycles. The van der Waals surface area contributed by atoms with Crippen molar-refractivity contribution in [1.82, 2.24) is 5.32 Å². The van der Waals surface area contributed by atoms with Gasteiger partial charge in [-0.1, -0.05) is 12.8 Å². The van der Waals surface area contributed by atoms with Crippen LogP contribution in [0.3, 0.4) is 0 Å². The number of aliphatic hydroxyl groups is 1. The SMILES string of the molecule is O=C(O)/C=C/NCC1CCCCC1CO. The van der Waals surface area contributed by atoms with E-state index in [-0.39, 0.29) is 6.61 Å². The van der Waals surface area contributed by atoms with Crippen LogP contribution in [0.15, 0.2) is 12.3 Å². The van der Waals surface area contributed by atoms with Crippen LogP contribution < -0.4 is 5.32 Å². The molecule has 0 amide bonds. The van der Waals surface area contributed by atoms with Crippen molar-refractivity contribution in [2.75, 3.05) is 13.2 Å². The second-order valence-electron chi connectivity index (χ2n) is 4.07. The van der Waals surface area contributed by atoms with E-state index in [1.165, 1.54) is 19.0 Å². The average Bonchev–Trinajstić information content (AvgIpc) is 2.24. The number of aliphatic hydroxyl groups excluding tert-OH is 1. The van der Waals surface area contributed by atoms with Gasteiger partial charge in [0.2, 0.25) is 0 Å². The van der Waals surface area contributed by atoms with Gasteiger partial charge in [0.25, 0.3) is 0 Å². The van der Waals surface area contributed by atoms with Gasteiger partial charge < -0.3 is 15.5 Å². The van der Waals surface area contributed by atoms with Gasteiger partial charge in [-0.05, 0) is 24.7 Å². The number of carbonyl (C=O) groups is 1. The van der Waals surface area contributed by atoms with E-state index in [9.17, 15) is 4.79 Å². The molecule has 86 valence electrons. The van der Waals surface area contributed by atoms with Gasteiger partial charge in [-0.2, -0.15) is 0 Å². The second kappa shape index (κ2) is 6.45. The third-order valence-corrected chi connectivity index (χ3v) is 3.02. The molecule has 0 aromatic rings. The van der Waals surface area contributed by atoms with Crippen molar-refractivity contribution in [2.45, 2.75) is 25.7 Å². The zero-order valence-corrected chi connectivity index (χ0v) is 8.85. The maximum absolute atomic E-state index is 10.2. The normalized spacial score (nSPS) is 26.7. The zero-order valence-electron chi connectivity index (χ0n) is 8.85. The van der Waals surface area contributed by atoms with Crippen LogP contribution in [0.5, 0.6) is 0 Å². The van der Waals surface area contributed by atoms with Gasteiger partial charge >= 0.3 is 5.97 Å². The van der Waals surface area contributed by atoms with Crippen molar-refractivity contribution in [3.63, 3.8) is 0 Å². The first-order valence-electron chi connectivity index (χ1n) is 5.47. The summed E-state index contributed by atoms with van der Waals surface area (Å²) in [7, 11) is 0. The Balaban J connectivity index is 2.26. The largest absolute Gasteiger partial charge is 0.478 e. The Morgan fingerprint density at radius 2 is 2.00 bits per heavy atom. The first-order chi connectivity index (χ1) is 7.24. The van der Waals surface area contributed by atoms with Crippen LogP contribution in [0.25, 0.3) is 0 Å². The van der Waals surface area contributed by atoms with E-state index < -0.39 is 5.97 Å². The maximum atomic E-state index is 10.2. The number of carboxylic acid groups (broad SMARTS) is 1. The van der Waals surface area contributed by atoms with Crippen LogP contribution >= 0.6 is 0 Å². The Bertz CT molecular complexity index is 228. The predicted octanol–water partition coefficient (Wildman–Crippen LogP) is 0.973. The quantitative estimate of drug-likeness (QED) is 0.595. The lowest BCUT2D eigenvalue weighted by molar-refractivity contribution is -0.131. The minimum atomic E-state index is -0.940. The molecule has 2 atom stereocenters. The van der Waals surface area contributed by atoms with Crippen molar-refractivity contribution in [2.24, 2.45) is 11.8 Å². The number of carboxylic acids is 1. The van der Waals surface area contributed by atoms with E-state index in [4.69, 9.17) is 10.2 Å². The fourth-order valence-corrected chi connectivity index (χ4v) is 2.14. The maximum Gasteiger partial charge on any atom is 0.329 e. The van der Waals surface area contributed by atoms with Gasteiger partial charge in [0.1, 0.15) is 0 Å². The van der Waals surface area contributed by atoms with Crippen molar-refractivity contribution in [3.05, 3.63) is 12.3 Å². The molecule has 3 N–H and O–H groups in total. The molecule has 0 heterocycles. The van der Waals surface area contributed by atoms with Gasteiger partial charge in [-0.15, -0.1) is 0 Å². The fourth-order valence-electron chi connectivity index (χ4n) is 2.14. The van der Waals surface area contributed by atoms with E-state index in [2.05, 4.69) is 5.32 Å². The molecule has 1 rings (SSSR count). The summed E-state index contributed by atoms with van der Waals surface area (Å²) >= 11 is 0. The summed E-state index contributed by atoms with van der Waals surface area (Å²) in [5.74, 6) is -0.0866. The van der Waals surface area contributed by atoms with Gasteiger partial charge in [-0.25, -0.2) is 4.79 Å². The molecule has 15 heavy (non-hydrogen) atoms. The lowest BCUT2D eigenvalue weighted by Gasteiger charge is -2.30. The number of hydrogen-bond acceptors (Lipinski definition) is 3. The van der Waals surface area contributed by atoms with E-state index >= 15 is 0 Å². The van der Waals surface area contributed by atoms with Gasteiger partial charge in [0.05, 0.1) is 0 Å². The van der Waals surface area contributed by atoms with Crippen LogP contribution in [0.2, 0.25) is 0 Å². The highest BCUT2D eigenvalue weighted by Gasteiger charge is 2.23. The predicted molar refractivity (Wildman–Crippen MR) is 57.3 cm³/mol. The number of hydrogen-bond donors (Lipinski definition) is 3. The van der Waals surface area contributed by atoms with Crippen LogP contribution in [-0.4, -0.2) is 29.3 Å². The molecule has 0 aliphatic heterocycles. The molecule has 1 saturated carbocycles. The Morgan fingerprint density at radius 1 is 1.33 bits per heavy atom. The molecule has 0 aromatic carbocycles. The molecule has 0 bridgehead atoms. The summed E-state index contributed by atoms with van der Waals surface area (Å²) in [6.07, 6.45) is 7.19. The smallest absolute Gasteiger partial charge is 0.329 e. The third-order valence-electron chi connectivity index (χ3n) is 3.02. The van der Waals surface area contributed by atoms with Crippen LogP contribution in [0.4, 0.5) is 0 Å². The summed E-state index contributed by atoms with van der Waals surface area (Å²) in [6.45, 7) is 1.00. The Hall–Kier alpha value is -1.03. The highest BCUT2D eigenvalue weighted by Crippen LogP contribution is 2.28. The van der Waals surface area contributed by atoms with E-state index in [0.717, 1.165) is 25.5 Å². The highest BCUT2D eigenvalue weighted by molar-refractivity contribution is 5.79. The number of nitrogens with one attached hydrogen (secondary N) is 1. The minimum Gasteiger partial charge on any atom is -0.478 e. The van der Waals surface area contributed by atoms with Crippen LogP contribution in [0, 0.1) is 11.8 Å². The molecule has 1 aliphatic rings. The Labute approximate surface area is 90.0 Å². The number of rotatable bonds is 5. The van der Waals surface area contributed by atoms with Crippen LogP contribution in [0.1, 0.15) is 25.7 Å². The first-order valence-corrected chi connectivity index (χ1v) is 5.47. The Morgan fingerprint density at radius 3 is 2.60 bits per heavy atom. The second-order valence-corrected chi connectivity index (χ2v) is 4.07. The summed E-state index contributed by atoms with van der Waals surface area (Å²) in [4.78, 5) is 10.2. The standard InChI is InChI=1S/C11H19NO3/c13-8-10-4-2-1-3-9(10)7-12-6-5-11(14)15/h5-6,9-10,12-13H,1-4,7-8H2,(H,14,15)/b6-5+. The minimum absolute atomic E-state index is 0.245. The monoisotopic (exact) mass is 213 g/mol. The van der Waals surface area contributed by atoms with E-state index in [1.54, 1.807) is 0 Å². The topological polar surface area (TPSA) is 69.6 Å². The van der Waals surface area contributed by atoms with E-state index in [0.29, 0.717) is 11.8 Å². The highest BCUT2D eigenvalue weighted by atomic mass is 16.4. The van der Waals surface area contributed by atoms with Crippen molar-refractivity contribution >= 4 is 5.97 Å². The summed E-state index contributed by atoms with van der Waals surface area (Å²) in [5.41, 5.74) is 0. The summed E-state index contributed by atoms with van der Waals surface area (Å²) in [6, 6.07) is 0. The summed E-state index contributed by atoms with van der Waals surface area (Å²) in [5, 5.41) is 20.5. The molecule has 4 heteroatoms. The van der Waals surface area contributed by atoms with Crippen molar-refractivity contribution in [3.8, 4) is 0 Å². The molecule has 0 aromatic heterocycles. The summed E-state index contributed by atoms with van der Waals surface area (Å²) < 4.78 is 0. The first kappa shape index (κ1) is 12.0. The molecular weight excluding hydrogens is 194 g/mol. The van der Waals surface area contributed by atoms with Crippen LogP contribution in [-0.2, 0) is 4.79 Å². The lowest BCUT2D eigenvalue weighted by atomic mass is 9.80. The van der Waals surface area contributed by atoms with Crippen molar-refractivity contribution < 1.29 is 15.0 Å². The molecule has 0 radical (unpaired) electrons. The van der Waals surface area contributed by atoms with Gasteiger partial charge in [0, 0.05) is 25.4 Å². The zero-order chi connectivity index (χ0) is 11.1. The van der Waals surface area contributed by atoms with Gasteiger partial charge in [-0.3, -0.25) is 0 Å². The molecule has 1 fully saturated rings.